The quantitative estimate of drug-likeness (QED) is 0.627. The SMILES string of the molecule is COc1cccc(CSc2nc(=O)ccn2C2CC2)c1. The molecule has 5 heteroatoms. The topological polar surface area (TPSA) is 44.1 Å². The third-order valence-electron chi connectivity index (χ3n) is 3.25. The lowest BCUT2D eigenvalue weighted by atomic mass is 10.2. The second-order valence-corrected chi connectivity index (χ2v) is 5.77. The molecule has 4 nitrogen and oxygen atoms in total. The summed E-state index contributed by atoms with van der Waals surface area (Å²) in [6.45, 7) is 0. The molecule has 1 fully saturated rings. The van der Waals surface area contributed by atoms with Crippen LogP contribution < -0.4 is 10.3 Å². The largest absolute Gasteiger partial charge is 0.497 e. The molecular formula is C15H16N2O2S. The number of methoxy groups -OCH3 is 1. The molecule has 1 heterocycles. The van der Waals surface area contributed by atoms with Crippen LogP contribution in [0.4, 0.5) is 0 Å². The molecular weight excluding hydrogens is 272 g/mol. The Labute approximate surface area is 121 Å². The van der Waals surface area contributed by atoms with E-state index in [1.54, 1.807) is 18.9 Å². The summed E-state index contributed by atoms with van der Waals surface area (Å²) in [5.74, 6) is 1.63. The van der Waals surface area contributed by atoms with Crippen molar-refractivity contribution < 1.29 is 4.74 Å². The van der Waals surface area contributed by atoms with Gasteiger partial charge in [0.1, 0.15) is 5.75 Å². The van der Waals surface area contributed by atoms with Crippen LogP contribution in [0.2, 0.25) is 0 Å². The number of aromatic nitrogens is 2. The lowest BCUT2D eigenvalue weighted by Crippen LogP contribution is -2.12. The van der Waals surface area contributed by atoms with Gasteiger partial charge in [-0.05, 0) is 30.5 Å². The minimum absolute atomic E-state index is 0.171. The van der Waals surface area contributed by atoms with E-state index in [1.165, 1.54) is 18.9 Å². The van der Waals surface area contributed by atoms with Crippen LogP contribution in [-0.4, -0.2) is 16.7 Å². The first-order valence-electron chi connectivity index (χ1n) is 6.61. The molecule has 2 aromatic rings. The predicted molar refractivity (Wildman–Crippen MR) is 79.3 cm³/mol. The van der Waals surface area contributed by atoms with Gasteiger partial charge in [0.2, 0.25) is 0 Å². The highest BCUT2D eigenvalue weighted by Crippen LogP contribution is 2.37. The number of thioether (sulfide) groups is 1. The molecule has 0 spiro atoms. The molecule has 1 aromatic carbocycles. The van der Waals surface area contributed by atoms with E-state index in [9.17, 15) is 4.79 Å². The Balaban J connectivity index is 1.77. The van der Waals surface area contributed by atoms with Crippen LogP contribution in [0, 0.1) is 0 Å². The Morgan fingerprint density at radius 1 is 1.40 bits per heavy atom. The average Bonchev–Trinajstić information content (AvgIpc) is 3.30. The molecule has 0 N–H and O–H groups in total. The Kier molecular flexibility index (Phi) is 3.78. The second-order valence-electron chi connectivity index (χ2n) is 4.83. The molecule has 1 saturated carbocycles. The summed E-state index contributed by atoms with van der Waals surface area (Å²) in [5.41, 5.74) is 0.991. The van der Waals surface area contributed by atoms with Crippen LogP contribution in [0.3, 0.4) is 0 Å². The van der Waals surface area contributed by atoms with Crippen molar-refractivity contribution in [2.24, 2.45) is 0 Å². The van der Waals surface area contributed by atoms with Gasteiger partial charge < -0.3 is 9.30 Å². The first kappa shape index (κ1) is 13.2. The minimum atomic E-state index is -0.171. The van der Waals surface area contributed by atoms with Gasteiger partial charge in [-0.1, -0.05) is 23.9 Å². The molecule has 0 unspecified atom stereocenters. The van der Waals surface area contributed by atoms with Gasteiger partial charge in [-0.3, -0.25) is 4.79 Å². The van der Waals surface area contributed by atoms with E-state index in [-0.39, 0.29) is 5.56 Å². The molecule has 0 saturated heterocycles. The molecule has 1 aliphatic rings. The summed E-state index contributed by atoms with van der Waals surface area (Å²) in [6, 6.07) is 10.0. The summed E-state index contributed by atoms with van der Waals surface area (Å²) in [5, 5.41) is 0.808. The van der Waals surface area contributed by atoms with Crippen molar-refractivity contribution >= 4 is 11.8 Å². The zero-order valence-corrected chi connectivity index (χ0v) is 12.1. The number of rotatable bonds is 5. The number of nitrogens with zero attached hydrogens (tertiary/aromatic N) is 2. The summed E-state index contributed by atoms with van der Waals surface area (Å²) >= 11 is 1.60. The fraction of sp³-hybridized carbons (Fsp3) is 0.333. The Morgan fingerprint density at radius 3 is 3.00 bits per heavy atom. The van der Waals surface area contributed by atoms with E-state index in [0.717, 1.165) is 22.2 Å². The summed E-state index contributed by atoms with van der Waals surface area (Å²) in [6.07, 6.45) is 4.22. The van der Waals surface area contributed by atoms with Crippen LogP contribution in [0.1, 0.15) is 24.4 Å². The smallest absolute Gasteiger partial charge is 0.273 e. The second kappa shape index (κ2) is 5.71. The Hall–Kier alpha value is -1.75. The standard InChI is InChI=1S/C15H16N2O2S/c1-19-13-4-2-3-11(9-13)10-20-15-16-14(18)7-8-17(15)12-5-6-12/h2-4,7-9,12H,5-6,10H2,1H3. The van der Waals surface area contributed by atoms with Crippen molar-refractivity contribution in [3.05, 3.63) is 52.4 Å². The Bertz CT molecular complexity index is 665. The van der Waals surface area contributed by atoms with E-state index in [0.29, 0.717) is 6.04 Å². The fourth-order valence-corrected chi connectivity index (χ4v) is 3.03. The van der Waals surface area contributed by atoms with E-state index in [2.05, 4.69) is 15.6 Å². The molecule has 3 rings (SSSR count). The van der Waals surface area contributed by atoms with Gasteiger partial charge in [-0.2, -0.15) is 4.98 Å². The van der Waals surface area contributed by atoms with Gasteiger partial charge in [0.05, 0.1) is 7.11 Å². The molecule has 20 heavy (non-hydrogen) atoms. The van der Waals surface area contributed by atoms with E-state index >= 15 is 0 Å². The lowest BCUT2D eigenvalue weighted by Gasteiger charge is -2.10. The van der Waals surface area contributed by atoms with Gasteiger partial charge in [0.25, 0.3) is 5.56 Å². The first-order chi connectivity index (χ1) is 9.76. The van der Waals surface area contributed by atoms with Crippen molar-refractivity contribution in [3.8, 4) is 5.75 Å². The van der Waals surface area contributed by atoms with Crippen LogP contribution >= 0.6 is 11.8 Å². The number of hydrogen-bond donors (Lipinski definition) is 0. The highest BCUT2D eigenvalue weighted by molar-refractivity contribution is 7.98. The summed E-state index contributed by atoms with van der Waals surface area (Å²) in [7, 11) is 1.66. The van der Waals surface area contributed by atoms with E-state index in [1.807, 2.05) is 24.4 Å². The van der Waals surface area contributed by atoms with Crippen molar-refractivity contribution in [2.75, 3.05) is 7.11 Å². The summed E-state index contributed by atoms with van der Waals surface area (Å²) in [4.78, 5) is 15.6. The van der Waals surface area contributed by atoms with Crippen molar-refractivity contribution in [1.29, 1.82) is 0 Å². The van der Waals surface area contributed by atoms with Crippen LogP contribution in [0.15, 0.2) is 46.5 Å². The molecule has 104 valence electrons. The monoisotopic (exact) mass is 288 g/mol. The number of hydrogen-bond acceptors (Lipinski definition) is 4. The van der Waals surface area contributed by atoms with Crippen molar-refractivity contribution in [2.45, 2.75) is 29.8 Å². The molecule has 1 aromatic heterocycles. The zero-order chi connectivity index (χ0) is 13.9. The Morgan fingerprint density at radius 2 is 2.25 bits per heavy atom. The van der Waals surface area contributed by atoms with Gasteiger partial charge in [0.15, 0.2) is 5.16 Å². The average molecular weight is 288 g/mol. The molecule has 0 amide bonds. The maximum Gasteiger partial charge on any atom is 0.273 e. The molecule has 1 aliphatic carbocycles. The molecule has 0 aliphatic heterocycles. The van der Waals surface area contributed by atoms with Gasteiger partial charge in [0, 0.05) is 24.1 Å². The van der Waals surface area contributed by atoms with Crippen molar-refractivity contribution in [1.82, 2.24) is 9.55 Å². The highest BCUT2D eigenvalue weighted by Gasteiger charge is 2.25. The molecule has 0 radical (unpaired) electrons. The maximum atomic E-state index is 11.4. The lowest BCUT2D eigenvalue weighted by molar-refractivity contribution is 0.414. The number of benzene rings is 1. The maximum absolute atomic E-state index is 11.4. The fourth-order valence-electron chi connectivity index (χ4n) is 2.04. The van der Waals surface area contributed by atoms with Crippen LogP contribution in [0.25, 0.3) is 0 Å². The first-order valence-corrected chi connectivity index (χ1v) is 7.60. The van der Waals surface area contributed by atoms with Gasteiger partial charge in [-0.25, -0.2) is 0 Å². The zero-order valence-electron chi connectivity index (χ0n) is 11.3. The summed E-state index contributed by atoms with van der Waals surface area (Å²) < 4.78 is 7.34. The van der Waals surface area contributed by atoms with E-state index < -0.39 is 0 Å². The van der Waals surface area contributed by atoms with Crippen LogP contribution in [-0.2, 0) is 5.75 Å². The normalized spacial score (nSPS) is 14.2. The third-order valence-corrected chi connectivity index (χ3v) is 4.28. The third kappa shape index (κ3) is 3.04. The van der Waals surface area contributed by atoms with E-state index in [4.69, 9.17) is 4.74 Å². The molecule has 0 bridgehead atoms. The van der Waals surface area contributed by atoms with Crippen LogP contribution in [0.5, 0.6) is 5.75 Å². The van der Waals surface area contributed by atoms with Gasteiger partial charge in [-0.15, -0.1) is 0 Å². The molecule has 0 atom stereocenters. The minimum Gasteiger partial charge on any atom is -0.497 e. The van der Waals surface area contributed by atoms with Crippen molar-refractivity contribution in [3.63, 3.8) is 0 Å². The highest BCUT2D eigenvalue weighted by atomic mass is 32.2. The number of ether oxygens (including phenoxy) is 1. The predicted octanol–water partition coefficient (Wildman–Crippen LogP) is 2.88. The van der Waals surface area contributed by atoms with Gasteiger partial charge >= 0.3 is 0 Å².